The molecule has 0 aliphatic rings. The van der Waals surface area contributed by atoms with Gasteiger partial charge in [-0.15, -0.1) is 0 Å². The highest BCUT2D eigenvalue weighted by Gasteiger charge is 2.20. The van der Waals surface area contributed by atoms with E-state index in [4.69, 9.17) is 14.6 Å². The number of hydrogen-bond acceptors (Lipinski definition) is 4. The number of benzene rings is 2. The van der Waals surface area contributed by atoms with Crippen molar-refractivity contribution in [2.75, 3.05) is 7.11 Å². The molecule has 0 bridgehead atoms. The number of carbonyl (C=O) groups excluding carboxylic acids is 1. The highest BCUT2D eigenvalue weighted by molar-refractivity contribution is 5.95. The largest absolute Gasteiger partial charge is 0.493 e. The number of methoxy groups -OCH3 is 1. The van der Waals surface area contributed by atoms with Crippen LogP contribution >= 0.6 is 0 Å². The Balaban J connectivity index is 2.22. The van der Waals surface area contributed by atoms with E-state index in [1.807, 2.05) is 19.9 Å². The molecular weight excluding hydrogens is 334 g/mol. The van der Waals surface area contributed by atoms with Crippen molar-refractivity contribution >= 4 is 11.9 Å². The summed E-state index contributed by atoms with van der Waals surface area (Å²) in [4.78, 5) is 23.8. The summed E-state index contributed by atoms with van der Waals surface area (Å²) in [6.45, 7) is 3.80. The minimum Gasteiger partial charge on any atom is -0.493 e. The SMILES string of the molecule is COc1cc(C(=O)NC(CC(=O)O)c2ccccc2)ccc1OC(C)C. The number of hydrogen-bond donors (Lipinski definition) is 2. The monoisotopic (exact) mass is 357 g/mol. The quantitative estimate of drug-likeness (QED) is 0.756. The van der Waals surface area contributed by atoms with Crippen molar-refractivity contribution in [1.29, 1.82) is 0 Å². The smallest absolute Gasteiger partial charge is 0.305 e. The third-order valence-electron chi connectivity index (χ3n) is 3.67. The first-order valence-electron chi connectivity index (χ1n) is 8.33. The third-order valence-corrected chi connectivity index (χ3v) is 3.67. The summed E-state index contributed by atoms with van der Waals surface area (Å²) >= 11 is 0. The van der Waals surface area contributed by atoms with E-state index >= 15 is 0 Å². The van der Waals surface area contributed by atoms with Gasteiger partial charge in [0.2, 0.25) is 0 Å². The molecule has 0 saturated carbocycles. The average molecular weight is 357 g/mol. The third kappa shape index (κ3) is 5.24. The molecule has 0 spiro atoms. The fraction of sp³-hybridized carbons (Fsp3) is 0.300. The van der Waals surface area contributed by atoms with Gasteiger partial charge < -0.3 is 19.9 Å². The maximum atomic E-state index is 12.6. The number of amides is 1. The molecule has 0 aliphatic heterocycles. The van der Waals surface area contributed by atoms with Crippen LogP contribution in [-0.2, 0) is 4.79 Å². The molecule has 6 heteroatoms. The second kappa shape index (κ2) is 8.89. The maximum absolute atomic E-state index is 12.6. The van der Waals surface area contributed by atoms with Crippen LogP contribution in [0.2, 0.25) is 0 Å². The molecule has 2 rings (SSSR count). The molecule has 0 saturated heterocycles. The lowest BCUT2D eigenvalue weighted by atomic mass is 10.0. The Morgan fingerprint density at radius 3 is 2.35 bits per heavy atom. The van der Waals surface area contributed by atoms with E-state index in [-0.39, 0.29) is 18.4 Å². The summed E-state index contributed by atoms with van der Waals surface area (Å²) in [6.07, 6.45) is -0.233. The molecule has 138 valence electrons. The molecule has 0 heterocycles. The van der Waals surface area contributed by atoms with E-state index in [0.717, 1.165) is 5.56 Å². The number of carboxylic acids is 1. The predicted molar refractivity (Wildman–Crippen MR) is 97.7 cm³/mol. The van der Waals surface area contributed by atoms with Crippen LogP contribution in [0, 0.1) is 0 Å². The molecule has 26 heavy (non-hydrogen) atoms. The predicted octanol–water partition coefficient (Wildman–Crippen LogP) is 3.43. The van der Waals surface area contributed by atoms with Crippen LogP contribution in [-0.4, -0.2) is 30.2 Å². The summed E-state index contributed by atoms with van der Waals surface area (Å²) in [7, 11) is 1.50. The van der Waals surface area contributed by atoms with Crippen LogP contribution < -0.4 is 14.8 Å². The van der Waals surface area contributed by atoms with Crippen molar-refractivity contribution in [1.82, 2.24) is 5.32 Å². The van der Waals surface area contributed by atoms with Crippen molar-refractivity contribution in [3.8, 4) is 11.5 Å². The van der Waals surface area contributed by atoms with Crippen molar-refractivity contribution in [2.45, 2.75) is 32.4 Å². The van der Waals surface area contributed by atoms with Crippen molar-refractivity contribution < 1.29 is 24.2 Å². The minimum atomic E-state index is -0.989. The topological polar surface area (TPSA) is 84.9 Å². The number of carboxylic acid groups (broad SMARTS) is 1. The van der Waals surface area contributed by atoms with E-state index < -0.39 is 12.0 Å². The van der Waals surface area contributed by atoms with Gasteiger partial charge in [-0.1, -0.05) is 30.3 Å². The number of ether oxygens (including phenoxy) is 2. The fourth-order valence-corrected chi connectivity index (χ4v) is 2.51. The van der Waals surface area contributed by atoms with Crippen LogP contribution in [0.3, 0.4) is 0 Å². The molecule has 0 fully saturated rings. The van der Waals surface area contributed by atoms with Gasteiger partial charge in [-0.3, -0.25) is 9.59 Å². The first-order valence-corrected chi connectivity index (χ1v) is 8.33. The van der Waals surface area contributed by atoms with Crippen molar-refractivity contribution in [3.05, 3.63) is 59.7 Å². The van der Waals surface area contributed by atoms with Crippen LogP contribution in [0.4, 0.5) is 0 Å². The fourth-order valence-electron chi connectivity index (χ4n) is 2.51. The summed E-state index contributed by atoms with van der Waals surface area (Å²) < 4.78 is 10.9. The first-order chi connectivity index (χ1) is 12.4. The van der Waals surface area contributed by atoms with Crippen LogP contribution in [0.1, 0.15) is 42.2 Å². The molecule has 0 aliphatic carbocycles. The number of carbonyl (C=O) groups is 2. The standard InChI is InChI=1S/C20H23NO5/c1-13(2)26-17-10-9-15(11-18(17)25-3)20(24)21-16(12-19(22)23)14-7-5-4-6-8-14/h4-11,13,16H,12H2,1-3H3,(H,21,24)(H,22,23). The molecule has 0 aromatic heterocycles. The lowest BCUT2D eigenvalue weighted by Crippen LogP contribution is -2.30. The Hall–Kier alpha value is -3.02. The normalized spacial score (nSPS) is 11.7. The molecule has 6 nitrogen and oxygen atoms in total. The molecule has 2 N–H and O–H groups in total. The van der Waals surface area contributed by atoms with Gasteiger partial charge in [-0.2, -0.15) is 0 Å². The maximum Gasteiger partial charge on any atom is 0.305 e. The van der Waals surface area contributed by atoms with Gasteiger partial charge in [0, 0.05) is 5.56 Å². The van der Waals surface area contributed by atoms with Gasteiger partial charge in [0.05, 0.1) is 25.7 Å². The molecule has 1 unspecified atom stereocenters. The van der Waals surface area contributed by atoms with E-state index in [1.165, 1.54) is 7.11 Å². The zero-order chi connectivity index (χ0) is 19.1. The second-order valence-electron chi connectivity index (χ2n) is 6.07. The molecule has 2 aromatic rings. The van der Waals surface area contributed by atoms with Gasteiger partial charge in [0.15, 0.2) is 11.5 Å². The highest BCUT2D eigenvalue weighted by atomic mass is 16.5. The number of nitrogens with one attached hydrogen (secondary N) is 1. The van der Waals surface area contributed by atoms with E-state index in [0.29, 0.717) is 17.1 Å². The lowest BCUT2D eigenvalue weighted by molar-refractivity contribution is -0.137. The van der Waals surface area contributed by atoms with Crippen LogP contribution in [0.15, 0.2) is 48.5 Å². The summed E-state index contributed by atoms with van der Waals surface area (Å²) in [5.74, 6) is -0.378. The Morgan fingerprint density at radius 1 is 1.08 bits per heavy atom. The van der Waals surface area contributed by atoms with E-state index in [2.05, 4.69) is 5.32 Å². The summed E-state index contributed by atoms with van der Waals surface area (Å²) in [5, 5.41) is 11.9. The molecule has 1 atom stereocenters. The Bertz CT molecular complexity index is 758. The minimum absolute atomic E-state index is 0.0263. The Morgan fingerprint density at radius 2 is 1.77 bits per heavy atom. The highest BCUT2D eigenvalue weighted by Crippen LogP contribution is 2.29. The molecule has 1 amide bonds. The van der Waals surface area contributed by atoms with Gasteiger partial charge >= 0.3 is 5.97 Å². The van der Waals surface area contributed by atoms with Crippen molar-refractivity contribution in [3.63, 3.8) is 0 Å². The Labute approximate surface area is 152 Å². The number of aliphatic carboxylic acids is 1. The lowest BCUT2D eigenvalue weighted by Gasteiger charge is -2.18. The van der Waals surface area contributed by atoms with Crippen LogP contribution in [0.25, 0.3) is 0 Å². The van der Waals surface area contributed by atoms with Gasteiger partial charge in [0.25, 0.3) is 5.91 Å². The zero-order valence-electron chi connectivity index (χ0n) is 15.1. The van der Waals surface area contributed by atoms with E-state index in [9.17, 15) is 9.59 Å². The first kappa shape index (κ1) is 19.3. The van der Waals surface area contributed by atoms with Gasteiger partial charge in [-0.25, -0.2) is 0 Å². The average Bonchev–Trinajstić information content (AvgIpc) is 2.61. The van der Waals surface area contributed by atoms with Gasteiger partial charge in [0.1, 0.15) is 0 Å². The Kier molecular flexibility index (Phi) is 6.60. The van der Waals surface area contributed by atoms with E-state index in [1.54, 1.807) is 42.5 Å². The molecule has 2 aromatic carbocycles. The zero-order valence-corrected chi connectivity index (χ0v) is 15.1. The molecular formula is C20H23NO5. The second-order valence-corrected chi connectivity index (χ2v) is 6.07. The molecule has 0 radical (unpaired) electrons. The van der Waals surface area contributed by atoms with Crippen LogP contribution in [0.5, 0.6) is 11.5 Å². The van der Waals surface area contributed by atoms with Gasteiger partial charge in [-0.05, 0) is 37.6 Å². The number of rotatable bonds is 8. The summed E-state index contributed by atoms with van der Waals surface area (Å²) in [5.41, 5.74) is 1.10. The van der Waals surface area contributed by atoms with Crippen molar-refractivity contribution in [2.24, 2.45) is 0 Å². The summed E-state index contributed by atoms with van der Waals surface area (Å²) in [6, 6.07) is 13.3.